The number of imidazole rings is 1. The lowest BCUT2D eigenvalue weighted by molar-refractivity contribution is 0.0757. The van der Waals surface area contributed by atoms with Gasteiger partial charge in [-0.1, -0.05) is 30.3 Å². The van der Waals surface area contributed by atoms with Crippen molar-refractivity contribution in [3.05, 3.63) is 42.4 Å². The van der Waals surface area contributed by atoms with Gasteiger partial charge in [0.2, 0.25) is 0 Å². The molecule has 1 aromatic heterocycles. The number of rotatable bonds is 2. The zero-order valence-corrected chi connectivity index (χ0v) is 12.0. The Morgan fingerprint density at radius 1 is 1.24 bits per heavy atom. The summed E-state index contributed by atoms with van der Waals surface area (Å²) in [6.07, 6.45) is 4.39. The van der Waals surface area contributed by atoms with Crippen LogP contribution in [0.4, 0.5) is 0 Å². The van der Waals surface area contributed by atoms with Gasteiger partial charge in [0.05, 0.1) is 6.33 Å². The molecule has 3 N–H and O–H groups in total. The van der Waals surface area contributed by atoms with Gasteiger partial charge in [-0.3, -0.25) is 4.79 Å². The van der Waals surface area contributed by atoms with Crippen LogP contribution in [0.5, 0.6) is 0 Å². The monoisotopic (exact) mass is 284 g/mol. The second kappa shape index (κ2) is 6.10. The number of hydrogen-bond donors (Lipinski definition) is 2. The maximum Gasteiger partial charge on any atom is 0.272 e. The van der Waals surface area contributed by atoms with Gasteiger partial charge in [0.25, 0.3) is 5.91 Å². The van der Waals surface area contributed by atoms with Gasteiger partial charge in [0, 0.05) is 24.7 Å². The first-order valence-corrected chi connectivity index (χ1v) is 7.39. The Kier molecular flexibility index (Phi) is 4.01. The van der Waals surface area contributed by atoms with E-state index in [1.54, 1.807) is 6.33 Å². The van der Waals surface area contributed by atoms with Crippen molar-refractivity contribution < 1.29 is 4.79 Å². The number of H-pyrrole nitrogens is 1. The minimum absolute atomic E-state index is 0.0143. The molecule has 1 aromatic carbocycles. The Morgan fingerprint density at radius 2 is 2.05 bits per heavy atom. The first kappa shape index (κ1) is 13.8. The van der Waals surface area contributed by atoms with Gasteiger partial charge in [-0.25, -0.2) is 4.98 Å². The topological polar surface area (TPSA) is 75.0 Å². The number of aromatic nitrogens is 2. The Labute approximate surface area is 124 Å². The molecule has 110 valence electrons. The molecule has 1 amide bonds. The number of benzene rings is 1. The van der Waals surface area contributed by atoms with Gasteiger partial charge >= 0.3 is 0 Å². The molecule has 1 fully saturated rings. The van der Waals surface area contributed by atoms with Crippen molar-refractivity contribution in [3.63, 3.8) is 0 Å². The van der Waals surface area contributed by atoms with Crippen molar-refractivity contribution in [3.8, 4) is 11.3 Å². The fraction of sp³-hybridized carbons (Fsp3) is 0.375. The van der Waals surface area contributed by atoms with Crippen molar-refractivity contribution >= 4 is 5.91 Å². The summed E-state index contributed by atoms with van der Waals surface area (Å²) in [6, 6.07) is 9.98. The molecule has 1 aliphatic rings. The standard InChI is InChI=1S/C16H20N4O/c17-13-7-4-9-20(10-8-13)16(21)15-14(18-11-19-15)12-5-2-1-3-6-12/h1-3,5-6,11,13H,4,7-10,17H2,(H,18,19)/t13-/m0/s1. The zero-order chi connectivity index (χ0) is 14.7. The Hall–Kier alpha value is -2.14. The smallest absolute Gasteiger partial charge is 0.272 e. The third-order valence-corrected chi connectivity index (χ3v) is 3.96. The van der Waals surface area contributed by atoms with E-state index in [-0.39, 0.29) is 11.9 Å². The largest absolute Gasteiger partial charge is 0.340 e. The van der Waals surface area contributed by atoms with E-state index in [4.69, 9.17) is 5.73 Å². The van der Waals surface area contributed by atoms with Crippen LogP contribution < -0.4 is 5.73 Å². The van der Waals surface area contributed by atoms with Crippen LogP contribution in [0.3, 0.4) is 0 Å². The summed E-state index contributed by atoms with van der Waals surface area (Å²) in [6.45, 7) is 1.48. The van der Waals surface area contributed by atoms with Crippen molar-refractivity contribution in [1.82, 2.24) is 14.9 Å². The highest BCUT2D eigenvalue weighted by molar-refractivity contribution is 5.98. The Balaban J connectivity index is 1.84. The van der Waals surface area contributed by atoms with Crippen molar-refractivity contribution in [1.29, 1.82) is 0 Å². The van der Waals surface area contributed by atoms with E-state index in [9.17, 15) is 4.79 Å². The zero-order valence-electron chi connectivity index (χ0n) is 12.0. The maximum absolute atomic E-state index is 12.7. The maximum atomic E-state index is 12.7. The fourth-order valence-electron chi connectivity index (χ4n) is 2.76. The highest BCUT2D eigenvalue weighted by Crippen LogP contribution is 2.22. The van der Waals surface area contributed by atoms with Crippen LogP contribution in [0.2, 0.25) is 0 Å². The number of aromatic amines is 1. The van der Waals surface area contributed by atoms with Crippen molar-refractivity contribution in [2.75, 3.05) is 13.1 Å². The molecule has 21 heavy (non-hydrogen) atoms. The molecule has 5 nitrogen and oxygen atoms in total. The Morgan fingerprint density at radius 3 is 2.86 bits per heavy atom. The minimum atomic E-state index is 0.0143. The van der Waals surface area contributed by atoms with Crippen LogP contribution in [0.1, 0.15) is 29.8 Å². The normalized spacial score (nSPS) is 19.3. The third kappa shape index (κ3) is 2.97. The molecular weight excluding hydrogens is 264 g/mol. The van der Waals surface area contributed by atoms with Crippen LogP contribution in [0.15, 0.2) is 36.7 Å². The van der Waals surface area contributed by atoms with E-state index in [0.29, 0.717) is 17.9 Å². The molecule has 0 unspecified atom stereocenters. The van der Waals surface area contributed by atoms with E-state index >= 15 is 0 Å². The van der Waals surface area contributed by atoms with Crippen molar-refractivity contribution in [2.24, 2.45) is 5.73 Å². The number of nitrogens with zero attached hydrogens (tertiary/aromatic N) is 2. The SMILES string of the molecule is N[C@H]1CCCN(C(=O)c2[nH]cnc2-c2ccccc2)CC1. The van der Waals surface area contributed by atoms with Crippen LogP contribution in [0, 0.1) is 0 Å². The molecule has 0 saturated carbocycles. The number of carbonyl (C=O) groups is 1. The summed E-state index contributed by atoms with van der Waals surface area (Å²) in [5, 5.41) is 0. The molecular formula is C16H20N4O. The summed E-state index contributed by atoms with van der Waals surface area (Å²) >= 11 is 0. The highest BCUT2D eigenvalue weighted by Gasteiger charge is 2.23. The fourth-order valence-corrected chi connectivity index (χ4v) is 2.76. The average molecular weight is 284 g/mol. The molecule has 0 radical (unpaired) electrons. The van der Waals surface area contributed by atoms with Gasteiger partial charge in [0.15, 0.2) is 0 Å². The molecule has 0 aliphatic carbocycles. The van der Waals surface area contributed by atoms with Gasteiger partial charge in [-0.15, -0.1) is 0 Å². The first-order valence-electron chi connectivity index (χ1n) is 7.39. The van der Waals surface area contributed by atoms with E-state index in [1.807, 2.05) is 35.2 Å². The second-order valence-electron chi connectivity index (χ2n) is 5.48. The van der Waals surface area contributed by atoms with Gasteiger partial charge in [-0.05, 0) is 19.3 Å². The summed E-state index contributed by atoms with van der Waals surface area (Å²) in [7, 11) is 0. The quantitative estimate of drug-likeness (QED) is 0.886. The molecule has 3 rings (SSSR count). The molecule has 0 bridgehead atoms. The highest BCUT2D eigenvalue weighted by atomic mass is 16.2. The number of carbonyl (C=O) groups excluding carboxylic acids is 1. The average Bonchev–Trinajstić information content (AvgIpc) is 2.90. The molecule has 1 atom stereocenters. The van der Waals surface area contributed by atoms with Crippen LogP contribution in [-0.4, -0.2) is 39.9 Å². The van der Waals surface area contributed by atoms with E-state index in [0.717, 1.165) is 31.4 Å². The summed E-state index contributed by atoms with van der Waals surface area (Å²) in [4.78, 5) is 21.9. The van der Waals surface area contributed by atoms with E-state index in [2.05, 4.69) is 9.97 Å². The van der Waals surface area contributed by atoms with Gasteiger partial charge in [-0.2, -0.15) is 0 Å². The second-order valence-corrected chi connectivity index (χ2v) is 5.48. The van der Waals surface area contributed by atoms with E-state index in [1.165, 1.54) is 0 Å². The summed E-state index contributed by atoms with van der Waals surface area (Å²) < 4.78 is 0. The molecule has 5 heteroatoms. The number of amides is 1. The lowest BCUT2D eigenvalue weighted by Gasteiger charge is -2.20. The summed E-state index contributed by atoms with van der Waals surface area (Å²) in [5.41, 5.74) is 8.21. The lowest BCUT2D eigenvalue weighted by Crippen LogP contribution is -2.33. The molecule has 2 aromatic rings. The third-order valence-electron chi connectivity index (χ3n) is 3.96. The number of nitrogens with one attached hydrogen (secondary N) is 1. The lowest BCUT2D eigenvalue weighted by atomic mass is 10.1. The van der Waals surface area contributed by atoms with E-state index < -0.39 is 0 Å². The van der Waals surface area contributed by atoms with Crippen LogP contribution >= 0.6 is 0 Å². The van der Waals surface area contributed by atoms with Gasteiger partial charge in [0.1, 0.15) is 11.4 Å². The predicted molar refractivity (Wildman–Crippen MR) is 81.8 cm³/mol. The molecule has 1 aliphatic heterocycles. The van der Waals surface area contributed by atoms with Crippen molar-refractivity contribution in [2.45, 2.75) is 25.3 Å². The van der Waals surface area contributed by atoms with Crippen LogP contribution in [-0.2, 0) is 0 Å². The Bertz CT molecular complexity index is 608. The summed E-state index contributed by atoms with van der Waals surface area (Å²) in [5.74, 6) is 0.0143. The predicted octanol–water partition coefficient (Wildman–Crippen LogP) is 2.03. The number of nitrogens with two attached hydrogens (primary N) is 1. The number of hydrogen-bond acceptors (Lipinski definition) is 3. The first-order chi connectivity index (χ1) is 10.3. The molecule has 2 heterocycles. The van der Waals surface area contributed by atoms with Crippen LogP contribution in [0.25, 0.3) is 11.3 Å². The molecule has 1 saturated heterocycles. The minimum Gasteiger partial charge on any atom is -0.340 e. The molecule has 0 spiro atoms. The van der Waals surface area contributed by atoms with Gasteiger partial charge < -0.3 is 15.6 Å². The number of likely N-dealkylation sites (tertiary alicyclic amines) is 1.